The lowest BCUT2D eigenvalue weighted by molar-refractivity contribution is 0.0941. The van der Waals surface area contributed by atoms with Crippen molar-refractivity contribution in [1.82, 2.24) is 29.6 Å². The normalized spacial score (nSPS) is 11.0. The van der Waals surface area contributed by atoms with E-state index < -0.39 is 0 Å². The fourth-order valence-electron chi connectivity index (χ4n) is 2.61. The fraction of sp³-hybridized carbons (Fsp3) is 0.267. The van der Waals surface area contributed by atoms with Gasteiger partial charge in [0.2, 0.25) is 4.77 Å². The summed E-state index contributed by atoms with van der Waals surface area (Å²) in [7, 11) is 0. The Labute approximate surface area is 143 Å². The maximum absolute atomic E-state index is 12.9. The Morgan fingerprint density at radius 1 is 1.21 bits per heavy atom. The van der Waals surface area contributed by atoms with Crippen LogP contribution in [0.1, 0.15) is 33.1 Å². The molecule has 0 aliphatic heterocycles. The molecule has 0 bridgehead atoms. The molecule has 0 radical (unpaired) electrons. The van der Waals surface area contributed by atoms with Crippen LogP contribution >= 0.6 is 12.2 Å². The number of aromatic nitrogens is 6. The predicted octanol–water partition coefficient (Wildman–Crippen LogP) is 1.84. The van der Waals surface area contributed by atoms with Crippen molar-refractivity contribution in [2.75, 3.05) is 5.84 Å². The quantitative estimate of drug-likeness (QED) is 0.543. The van der Waals surface area contributed by atoms with Gasteiger partial charge in [0.1, 0.15) is 0 Å². The van der Waals surface area contributed by atoms with Crippen LogP contribution in [0.15, 0.2) is 12.1 Å². The minimum atomic E-state index is -0.246. The molecule has 0 aliphatic carbocycles. The van der Waals surface area contributed by atoms with Crippen LogP contribution in [0.4, 0.5) is 0 Å². The van der Waals surface area contributed by atoms with Gasteiger partial charge in [-0.15, -0.1) is 0 Å². The number of nitrogen functional groups attached to an aromatic ring is 1. The van der Waals surface area contributed by atoms with Gasteiger partial charge in [-0.25, -0.2) is 14.5 Å². The minimum Gasteiger partial charge on any atom is -0.335 e. The largest absolute Gasteiger partial charge is 0.335 e. The van der Waals surface area contributed by atoms with Crippen LogP contribution in [0.25, 0.3) is 11.4 Å². The molecule has 0 saturated heterocycles. The molecule has 3 N–H and O–H groups in total. The second-order valence-corrected chi connectivity index (χ2v) is 6.01. The third-order valence-electron chi connectivity index (χ3n) is 3.78. The van der Waals surface area contributed by atoms with Gasteiger partial charge in [-0.05, 0) is 52.0 Å². The standard InChI is InChI=1S/C15H17N7OS/c1-7-5-8(2)22(20-7)14(23)12-6-11(9(3)17-10(12)4)13-18-19-15(24)21(13)16/h5-6H,16H2,1-4H3,(H,19,24). The SMILES string of the molecule is Cc1cc(C)n(C(=O)c2cc(-c3n[nH]c(=S)n3N)c(C)nc2C)n1. The van der Waals surface area contributed by atoms with Gasteiger partial charge in [-0.2, -0.15) is 10.2 Å². The number of hydrogen-bond acceptors (Lipinski definition) is 6. The third kappa shape index (κ3) is 2.52. The summed E-state index contributed by atoms with van der Waals surface area (Å²) in [5.74, 6) is 6.07. The zero-order valence-corrected chi connectivity index (χ0v) is 14.6. The monoisotopic (exact) mass is 343 g/mol. The van der Waals surface area contributed by atoms with Gasteiger partial charge in [0.05, 0.1) is 17.0 Å². The average Bonchev–Trinajstić information content (AvgIpc) is 3.02. The van der Waals surface area contributed by atoms with Crippen molar-refractivity contribution in [3.8, 4) is 11.4 Å². The lowest BCUT2D eigenvalue weighted by atomic mass is 10.1. The number of nitrogens with zero attached hydrogens (tertiary/aromatic N) is 5. The molecule has 3 rings (SSSR count). The van der Waals surface area contributed by atoms with E-state index in [4.69, 9.17) is 18.1 Å². The maximum Gasteiger partial charge on any atom is 0.280 e. The van der Waals surface area contributed by atoms with Crippen molar-refractivity contribution in [3.05, 3.63) is 45.2 Å². The lowest BCUT2D eigenvalue weighted by Gasteiger charge is -2.11. The lowest BCUT2D eigenvalue weighted by Crippen LogP contribution is -2.18. The molecule has 24 heavy (non-hydrogen) atoms. The Bertz CT molecular complexity index is 1010. The highest BCUT2D eigenvalue weighted by Gasteiger charge is 2.20. The molecular formula is C15H17N7OS. The molecule has 0 fully saturated rings. The van der Waals surface area contributed by atoms with Crippen LogP contribution in [-0.4, -0.2) is 35.5 Å². The van der Waals surface area contributed by atoms with Gasteiger partial charge in [-0.3, -0.25) is 9.78 Å². The molecule has 3 aromatic rings. The molecule has 0 spiro atoms. The third-order valence-corrected chi connectivity index (χ3v) is 4.07. The molecule has 9 heteroatoms. The highest BCUT2D eigenvalue weighted by Crippen LogP contribution is 2.23. The summed E-state index contributed by atoms with van der Waals surface area (Å²) in [6.45, 7) is 7.29. The van der Waals surface area contributed by atoms with Crippen molar-refractivity contribution >= 4 is 18.1 Å². The molecular weight excluding hydrogens is 326 g/mol. The number of hydrogen-bond donors (Lipinski definition) is 2. The first-order valence-electron chi connectivity index (χ1n) is 7.28. The smallest absolute Gasteiger partial charge is 0.280 e. The van der Waals surface area contributed by atoms with E-state index in [-0.39, 0.29) is 10.7 Å². The van der Waals surface area contributed by atoms with Crippen molar-refractivity contribution in [2.24, 2.45) is 0 Å². The van der Waals surface area contributed by atoms with E-state index in [1.54, 1.807) is 13.0 Å². The van der Waals surface area contributed by atoms with E-state index in [9.17, 15) is 4.79 Å². The van der Waals surface area contributed by atoms with Crippen LogP contribution in [-0.2, 0) is 0 Å². The first kappa shape index (κ1) is 16.1. The number of H-pyrrole nitrogens is 1. The van der Waals surface area contributed by atoms with E-state index in [0.29, 0.717) is 28.3 Å². The van der Waals surface area contributed by atoms with Gasteiger partial charge in [0.25, 0.3) is 5.91 Å². The summed E-state index contributed by atoms with van der Waals surface area (Å²) in [5, 5.41) is 11.0. The van der Waals surface area contributed by atoms with Crippen LogP contribution < -0.4 is 5.84 Å². The van der Waals surface area contributed by atoms with Gasteiger partial charge in [0.15, 0.2) is 5.82 Å². The molecule has 0 aromatic carbocycles. The Morgan fingerprint density at radius 2 is 1.92 bits per heavy atom. The van der Waals surface area contributed by atoms with Crippen LogP contribution in [0.5, 0.6) is 0 Å². The molecule has 0 amide bonds. The number of pyridine rings is 1. The van der Waals surface area contributed by atoms with Gasteiger partial charge < -0.3 is 5.84 Å². The topological polar surface area (TPSA) is 107 Å². The Morgan fingerprint density at radius 3 is 2.46 bits per heavy atom. The maximum atomic E-state index is 12.9. The zero-order chi connectivity index (χ0) is 17.6. The molecule has 0 unspecified atom stereocenters. The van der Waals surface area contributed by atoms with Gasteiger partial charge in [-0.1, -0.05) is 0 Å². The van der Waals surface area contributed by atoms with Crippen LogP contribution in [0, 0.1) is 32.5 Å². The predicted molar refractivity (Wildman–Crippen MR) is 91.7 cm³/mol. The number of aryl methyl sites for hydroxylation is 4. The van der Waals surface area contributed by atoms with E-state index in [1.807, 2.05) is 26.8 Å². The van der Waals surface area contributed by atoms with Crippen molar-refractivity contribution in [3.63, 3.8) is 0 Å². The van der Waals surface area contributed by atoms with Gasteiger partial charge >= 0.3 is 0 Å². The fourth-order valence-corrected chi connectivity index (χ4v) is 2.74. The van der Waals surface area contributed by atoms with E-state index >= 15 is 0 Å². The number of rotatable bonds is 2. The summed E-state index contributed by atoms with van der Waals surface area (Å²) in [6.07, 6.45) is 0. The number of aromatic amines is 1. The molecule has 0 aliphatic rings. The van der Waals surface area contributed by atoms with Crippen molar-refractivity contribution in [1.29, 1.82) is 0 Å². The average molecular weight is 343 g/mol. The number of carbonyl (C=O) groups is 1. The van der Waals surface area contributed by atoms with Crippen LogP contribution in [0.3, 0.4) is 0 Å². The number of carbonyl (C=O) groups excluding carboxylic acids is 1. The molecule has 0 atom stereocenters. The highest BCUT2D eigenvalue weighted by molar-refractivity contribution is 7.71. The van der Waals surface area contributed by atoms with Crippen molar-refractivity contribution in [2.45, 2.75) is 27.7 Å². The summed E-state index contributed by atoms with van der Waals surface area (Å²) >= 11 is 5.04. The molecule has 124 valence electrons. The van der Waals surface area contributed by atoms with Crippen LogP contribution in [0.2, 0.25) is 0 Å². The Balaban J connectivity index is 2.18. The second-order valence-electron chi connectivity index (χ2n) is 5.62. The summed E-state index contributed by atoms with van der Waals surface area (Å²) < 4.78 is 2.92. The zero-order valence-electron chi connectivity index (χ0n) is 13.8. The summed E-state index contributed by atoms with van der Waals surface area (Å²) in [6, 6.07) is 3.57. The van der Waals surface area contributed by atoms with E-state index in [1.165, 1.54) is 9.36 Å². The molecule has 3 aromatic heterocycles. The Hall–Kier alpha value is -2.81. The first-order chi connectivity index (χ1) is 11.3. The number of nitrogens with two attached hydrogens (primary N) is 1. The van der Waals surface area contributed by atoms with E-state index in [2.05, 4.69) is 20.3 Å². The Kier molecular flexibility index (Phi) is 3.80. The molecule has 8 nitrogen and oxygen atoms in total. The van der Waals surface area contributed by atoms with Crippen molar-refractivity contribution < 1.29 is 4.79 Å². The van der Waals surface area contributed by atoms with E-state index in [0.717, 1.165) is 11.4 Å². The number of nitrogens with one attached hydrogen (secondary N) is 1. The molecule has 0 saturated carbocycles. The first-order valence-corrected chi connectivity index (χ1v) is 7.69. The second kappa shape index (κ2) is 5.68. The highest BCUT2D eigenvalue weighted by atomic mass is 32.1. The summed E-state index contributed by atoms with van der Waals surface area (Å²) in [4.78, 5) is 17.3. The summed E-state index contributed by atoms with van der Waals surface area (Å²) in [5.41, 5.74) is 3.95. The van der Waals surface area contributed by atoms with Gasteiger partial charge in [0, 0.05) is 17.0 Å². The molecule has 3 heterocycles. The minimum absolute atomic E-state index is 0.246.